The van der Waals surface area contributed by atoms with Gasteiger partial charge in [-0.3, -0.25) is 0 Å². The number of aryl methyl sites for hydroxylation is 1. The molecule has 0 fully saturated rings. The minimum absolute atomic E-state index is 0.318. The SMILES string of the molecule is Cn1ccnc1/C=N/S(=O)C(C)(C)C. The van der Waals surface area contributed by atoms with Crippen molar-refractivity contribution in [1.29, 1.82) is 0 Å². The zero-order chi connectivity index (χ0) is 10.8. The highest BCUT2D eigenvalue weighted by Gasteiger charge is 2.18. The van der Waals surface area contributed by atoms with Gasteiger partial charge in [0.05, 0.1) is 11.0 Å². The molecule has 0 radical (unpaired) electrons. The van der Waals surface area contributed by atoms with Gasteiger partial charge in [-0.15, -0.1) is 0 Å². The summed E-state index contributed by atoms with van der Waals surface area (Å²) in [6, 6.07) is 0. The van der Waals surface area contributed by atoms with Gasteiger partial charge in [-0.25, -0.2) is 9.19 Å². The maximum absolute atomic E-state index is 11.5. The Labute approximate surface area is 86.7 Å². The second kappa shape index (κ2) is 4.04. The summed E-state index contributed by atoms with van der Waals surface area (Å²) in [5.41, 5.74) is 0. The molecule has 1 heterocycles. The fourth-order valence-electron chi connectivity index (χ4n) is 0.755. The van der Waals surface area contributed by atoms with Crippen LogP contribution < -0.4 is 0 Å². The van der Waals surface area contributed by atoms with E-state index in [-0.39, 0.29) is 4.75 Å². The molecular formula is C9H15N3OS. The first-order valence-corrected chi connectivity index (χ1v) is 5.45. The zero-order valence-electron chi connectivity index (χ0n) is 8.89. The second-order valence-corrected chi connectivity index (χ2v) is 5.93. The van der Waals surface area contributed by atoms with Crippen molar-refractivity contribution in [3.05, 3.63) is 18.2 Å². The lowest BCUT2D eigenvalue weighted by molar-refractivity contribution is 0.651. The number of imidazole rings is 1. The lowest BCUT2D eigenvalue weighted by Gasteiger charge is -2.12. The second-order valence-electron chi connectivity index (χ2n) is 3.99. The lowest BCUT2D eigenvalue weighted by Crippen LogP contribution is -2.19. The summed E-state index contributed by atoms with van der Waals surface area (Å²) in [5.74, 6) is 0.711. The molecule has 78 valence electrons. The Hall–Kier alpha value is -0.970. The third kappa shape index (κ3) is 2.77. The molecule has 1 atom stereocenters. The van der Waals surface area contributed by atoms with E-state index >= 15 is 0 Å². The van der Waals surface area contributed by atoms with Crippen molar-refractivity contribution in [3.8, 4) is 0 Å². The monoisotopic (exact) mass is 213 g/mol. The highest BCUT2D eigenvalue weighted by molar-refractivity contribution is 7.85. The zero-order valence-corrected chi connectivity index (χ0v) is 9.71. The summed E-state index contributed by atoms with van der Waals surface area (Å²) in [7, 11) is 0.655. The van der Waals surface area contributed by atoms with E-state index in [1.54, 1.807) is 12.4 Å². The van der Waals surface area contributed by atoms with Crippen LogP contribution in [0.5, 0.6) is 0 Å². The highest BCUT2D eigenvalue weighted by Crippen LogP contribution is 2.11. The Morgan fingerprint density at radius 2 is 2.21 bits per heavy atom. The molecule has 0 aliphatic heterocycles. The standard InChI is InChI=1S/C9H15N3OS/c1-9(2,3)14(13)11-7-8-10-5-6-12(8)4/h5-7H,1-4H3/b11-7+. The highest BCUT2D eigenvalue weighted by atomic mass is 32.2. The summed E-state index contributed by atoms with van der Waals surface area (Å²) >= 11 is 0. The minimum Gasteiger partial charge on any atom is -0.333 e. The average molecular weight is 213 g/mol. The van der Waals surface area contributed by atoms with Crippen molar-refractivity contribution in [2.75, 3.05) is 0 Å². The maximum atomic E-state index is 11.5. The molecule has 0 saturated heterocycles. The van der Waals surface area contributed by atoms with E-state index in [1.807, 2.05) is 38.6 Å². The van der Waals surface area contributed by atoms with Crippen LogP contribution >= 0.6 is 0 Å². The van der Waals surface area contributed by atoms with E-state index in [2.05, 4.69) is 9.38 Å². The molecule has 0 spiro atoms. The van der Waals surface area contributed by atoms with Crippen LogP contribution in [0.3, 0.4) is 0 Å². The first-order valence-electron chi connectivity index (χ1n) is 4.34. The summed E-state index contributed by atoms with van der Waals surface area (Å²) in [4.78, 5) is 4.05. The van der Waals surface area contributed by atoms with Gasteiger partial charge in [0.2, 0.25) is 0 Å². The Kier molecular flexibility index (Phi) is 3.21. The fourth-order valence-corrected chi connectivity index (χ4v) is 1.26. The van der Waals surface area contributed by atoms with E-state index < -0.39 is 11.0 Å². The Morgan fingerprint density at radius 1 is 1.57 bits per heavy atom. The van der Waals surface area contributed by atoms with Gasteiger partial charge in [0.15, 0.2) is 5.82 Å². The first-order chi connectivity index (χ1) is 6.41. The molecule has 0 aromatic carbocycles. The van der Waals surface area contributed by atoms with Crippen LogP contribution in [-0.2, 0) is 18.0 Å². The van der Waals surface area contributed by atoms with Gasteiger partial charge >= 0.3 is 0 Å². The lowest BCUT2D eigenvalue weighted by atomic mass is 10.3. The summed E-state index contributed by atoms with van der Waals surface area (Å²) in [6.07, 6.45) is 5.05. The van der Waals surface area contributed by atoms with Crippen LogP contribution in [0.1, 0.15) is 26.6 Å². The number of nitrogens with zero attached hydrogens (tertiary/aromatic N) is 3. The van der Waals surface area contributed by atoms with Crippen LogP contribution in [0.4, 0.5) is 0 Å². The van der Waals surface area contributed by atoms with E-state index in [9.17, 15) is 4.21 Å². The number of hydrogen-bond acceptors (Lipinski definition) is 2. The molecule has 0 saturated carbocycles. The van der Waals surface area contributed by atoms with Crippen molar-refractivity contribution < 1.29 is 4.21 Å². The molecule has 0 amide bonds. The van der Waals surface area contributed by atoms with Crippen LogP contribution in [-0.4, -0.2) is 24.7 Å². The van der Waals surface area contributed by atoms with E-state index in [0.29, 0.717) is 5.82 Å². The summed E-state index contributed by atoms with van der Waals surface area (Å²) in [5, 5.41) is 0. The number of aromatic nitrogens is 2. The molecule has 1 unspecified atom stereocenters. The summed E-state index contributed by atoms with van der Waals surface area (Å²) in [6.45, 7) is 5.66. The third-order valence-electron chi connectivity index (χ3n) is 1.65. The Bertz CT molecular complexity index is 362. The summed E-state index contributed by atoms with van der Waals surface area (Å²) < 4.78 is 17.0. The predicted molar refractivity (Wildman–Crippen MR) is 58.7 cm³/mol. The van der Waals surface area contributed by atoms with Gasteiger partial charge < -0.3 is 4.57 Å². The molecule has 0 aliphatic rings. The smallest absolute Gasteiger partial charge is 0.151 e. The molecule has 1 aromatic heterocycles. The van der Waals surface area contributed by atoms with Crippen molar-refractivity contribution in [2.45, 2.75) is 25.5 Å². The Balaban J connectivity index is 2.75. The predicted octanol–water partition coefficient (Wildman–Crippen LogP) is 1.30. The van der Waals surface area contributed by atoms with Crippen molar-refractivity contribution in [1.82, 2.24) is 9.55 Å². The van der Waals surface area contributed by atoms with Crippen molar-refractivity contribution in [2.24, 2.45) is 11.4 Å². The molecule has 0 bridgehead atoms. The van der Waals surface area contributed by atoms with Crippen LogP contribution in [0.15, 0.2) is 16.8 Å². The first kappa shape index (κ1) is 11.1. The molecule has 1 aromatic rings. The number of hydrogen-bond donors (Lipinski definition) is 0. The molecule has 1 rings (SSSR count). The molecule has 0 aliphatic carbocycles. The van der Waals surface area contributed by atoms with Gasteiger partial charge in [-0.1, -0.05) is 0 Å². The topological polar surface area (TPSA) is 47.2 Å². The normalized spacial score (nSPS) is 14.9. The van der Waals surface area contributed by atoms with Gasteiger partial charge in [0.25, 0.3) is 0 Å². The van der Waals surface area contributed by atoms with Crippen molar-refractivity contribution in [3.63, 3.8) is 0 Å². The van der Waals surface area contributed by atoms with E-state index in [1.165, 1.54) is 0 Å². The van der Waals surface area contributed by atoms with Crippen LogP contribution in [0.2, 0.25) is 0 Å². The minimum atomic E-state index is -1.21. The Morgan fingerprint density at radius 3 is 2.64 bits per heavy atom. The van der Waals surface area contributed by atoms with Crippen LogP contribution in [0, 0.1) is 0 Å². The number of rotatable bonds is 2. The van der Waals surface area contributed by atoms with Crippen molar-refractivity contribution >= 4 is 17.2 Å². The molecule has 0 N–H and O–H groups in total. The van der Waals surface area contributed by atoms with Gasteiger partial charge in [-0.2, -0.15) is 4.40 Å². The van der Waals surface area contributed by atoms with Gasteiger partial charge in [0.1, 0.15) is 11.0 Å². The molecular weight excluding hydrogens is 198 g/mol. The largest absolute Gasteiger partial charge is 0.333 e. The molecule has 14 heavy (non-hydrogen) atoms. The molecule has 4 nitrogen and oxygen atoms in total. The van der Waals surface area contributed by atoms with Gasteiger partial charge in [-0.05, 0) is 20.8 Å². The van der Waals surface area contributed by atoms with E-state index in [4.69, 9.17) is 0 Å². The maximum Gasteiger partial charge on any atom is 0.151 e. The quantitative estimate of drug-likeness (QED) is 0.695. The third-order valence-corrected chi connectivity index (χ3v) is 2.99. The average Bonchev–Trinajstić information content (AvgIpc) is 2.45. The molecule has 5 heteroatoms. The van der Waals surface area contributed by atoms with E-state index in [0.717, 1.165) is 0 Å². The fraction of sp³-hybridized carbons (Fsp3) is 0.556. The van der Waals surface area contributed by atoms with Crippen LogP contribution in [0.25, 0.3) is 0 Å². The van der Waals surface area contributed by atoms with Gasteiger partial charge in [0, 0.05) is 19.4 Å².